The number of aromatic carboxylic acids is 1. The normalized spacial score (nSPS) is 28.1. The third-order valence-corrected chi connectivity index (χ3v) is 7.37. The first-order chi connectivity index (χ1) is 15.4. The maximum absolute atomic E-state index is 14.8. The van der Waals surface area contributed by atoms with Gasteiger partial charge in [-0.15, -0.1) is 0 Å². The topological polar surface area (TPSA) is 75.6 Å². The summed E-state index contributed by atoms with van der Waals surface area (Å²) in [6.07, 6.45) is 9.81. The second-order valence-corrected chi connectivity index (χ2v) is 9.64. The van der Waals surface area contributed by atoms with Crippen molar-refractivity contribution in [3.63, 3.8) is 0 Å². The summed E-state index contributed by atoms with van der Waals surface area (Å²) in [6.45, 7) is 0. The van der Waals surface area contributed by atoms with Crippen molar-refractivity contribution < 1.29 is 23.8 Å². The maximum Gasteiger partial charge on any atom is 0.335 e. The van der Waals surface area contributed by atoms with E-state index in [0.717, 1.165) is 35.7 Å². The molecule has 32 heavy (non-hydrogen) atoms. The molecule has 6 rings (SSSR count). The summed E-state index contributed by atoms with van der Waals surface area (Å²) in [5.41, 5.74) is 1.63. The van der Waals surface area contributed by atoms with E-state index in [0.29, 0.717) is 5.69 Å². The molecule has 166 valence electrons. The molecule has 0 spiro atoms. The lowest BCUT2D eigenvalue weighted by atomic mass is 9.48. The Morgan fingerprint density at radius 2 is 1.72 bits per heavy atom. The summed E-state index contributed by atoms with van der Waals surface area (Å²) < 4.78 is 20.2. The minimum atomic E-state index is -1.08. The van der Waals surface area contributed by atoms with Gasteiger partial charge in [0.2, 0.25) is 0 Å². The van der Waals surface area contributed by atoms with Crippen LogP contribution in [0.2, 0.25) is 0 Å². The Kier molecular flexibility index (Phi) is 5.24. The quantitative estimate of drug-likeness (QED) is 0.463. The minimum absolute atomic E-state index is 0.0733. The van der Waals surface area contributed by atoms with E-state index in [9.17, 15) is 14.0 Å². The zero-order valence-corrected chi connectivity index (χ0v) is 17.7. The summed E-state index contributed by atoms with van der Waals surface area (Å²) >= 11 is 0. The third kappa shape index (κ3) is 4.01. The smallest absolute Gasteiger partial charge is 0.335 e. The molecule has 4 bridgehead atoms. The highest BCUT2D eigenvalue weighted by molar-refractivity contribution is 6.00. The van der Waals surface area contributed by atoms with Crippen molar-refractivity contribution in [1.29, 1.82) is 0 Å². The average Bonchev–Trinajstić information content (AvgIpc) is 2.74. The van der Waals surface area contributed by atoms with E-state index < -0.39 is 17.7 Å². The fourth-order valence-corrected chi connectivity index (χ4v) is 6.47. The highest BCUT2D eigenvalue weighted by atomic mass is 19.1. The van der Waals surface area contributed by atoms with Gasteiger partial charge in [-0.25, -0.2) is 9.18 Å². The average molecular weight is 435 g/mol. The molecule has 2 aromatic rings. The first-order valence-electron chi connectivity index (χ1n) is 11.2. The molecule has 0 heterocycles. The van der Waals surface area contributed by atoms with E-state index in [4.69, 9.17) is 9.84 Å². The van der Waals surface area contributed by atoms with Gasteiger partial charge in [0.25, 0.3) is 5.91 Å². The van der Waals surface area contributed by atoms with E-state index in [-0.39, 0.29) is 16.7 Å². The van der Waals surface area contributed by atoms with Crippen LogP contribution in [-0.4, -0.2) is 17.0 Å². The van der Waals surface area contributed by atoms with Crippen LogP contribution in [0.3, 0.4) is 0 Å². The van der Waals surface area contributed by atoms with Gasteiger partial charge in [0.1, 0.15) is 0 Å². The van der Waals surface area contributed by atoms with Gasteiger partial charge in [-0.05, 0) is 97.6 Å². The Bertz CT molecular complexity index is 1060. The van der Waals surface area contributed by atoms with Gasteiger partial charge in [0.05, 0.1) is 11.8 Å². The van der Waals surface area contributed by atoms with E-state index in [1.807, 2.05) is 6.07 Å². The molecule has 5 nitrogen and oxygen atoms in total. The van der Waals surface area contributed by atoms with Crippen molar-refractivity contribution in [1.82, 2.24) is 0 Å². The van der Waals surface area contributed by atoms with Gasteiger partial charge in [-0.3, -0.25) is 4.79 Å². The lowest BCUT2D eigenvalue weighted by Gasteiger charge is -2.57. The van der Waals surface area contributed by atoms with Crippen molar-refractivity contribution in [3.8, 4) is 5.75 Å². The van der Waals surface area contributed by atoms with Crippen molar-refractivity contribution in [3.05, 3.63) is 71.7 Å². The predicted molar refractivity (Wildman–Crippen MR) is 118 cm³/mol. The van der Waals surface area contributed by atoms with Gasteiger partial charge in [0.15, 0.2) is 11.6 Å². The summed E-state index contributed by atoms with van der Waals surface area (Å²) in [5, 5.41) is 11.6. The number of carbonyl (C=O) groups excluding carboxylic acids is 1. The van der Waals surface area contributed by atoms with Crippen LogP contribution in [0.15, 0.2) is 54.8 Å². The largest absolute Gasteiger partial charge is 0.478 e. The van der Waals surface area contributed by atoms with Crippen molar-refractivity contribution >= 4 is 17.6 Å². The number of hydrogen-bond donors (Lipinski definition) is 2. The Morgan fingerprint density at radius 1 is 1.03 bits per heavy atom. The zero-order chi connectivity index (χ0) is 22.3. The number of hydrogen-bond acceptors (Lipinski definition) is 3. The second kappa shape index (κ2) is 8.08. The Labute approximate surface area is 186 Å². The minimum Gasteiger partial charge on any atom is -0.478 e. The molecular formula is C26H26FNO4. The Balaban J connectivity index is 1.23. The van der Waals surface area contributed by atoms with Crippen LogP contribution in [0.25, 0.3) is 0 Å². The number of anilines is 1. The Hall–Kier alpha value is -3.15. The SMILES string of the molecule is O=C(/C=C/Oc1ccc(C23CC4CC(CC(C4)C2)C3)cc1F)Nc1cccc(C(=O)O)c1. The number of nitrogens with one attached hydrogen (secondary N) is 1. The lowest BCUT2D eigenvalue weighted by molar-refractivity contribution is -0.112. The molecule has 0 radical (unpaired) electrons. The van der Waals surface area contributed by atoms with Gasteiger partial charge in [-0.1, -0.05) is 12.1 Å². The van der Waals surface area contributed by atoms with Crippen molar-refractivity contribution in [2.75, 3.05) is 5.32 Å². The van der Waals surface area contributed by atoms with E-state index in [1.54, 1.807) is 24.3 Å². The highest BCUT2D eigenvalue weighted by Gasteiger charge is 2.51. The number of carboxylic acids is 1. The van der Waals surface area contributed by atoms with Crippen LogP contribution in [0.5, 0.6) is 5.75 Å². The molecule has 4 aliphatic carbocycles. The van der Waals surface area contributed by atoms with Gasteiger partial charge >= 0.3 is 5.97 Å². The van der Waals surface area contributed by atoms with Crippen LogP contribution in [0, 0.1) is 23.6 Å². The van der Waals surface area contributed by atoms with Crippen LogP contribution in [-0.2, 0) is 10.2 Å². The number of carbonyl (C=O) groups is 2. The van der Waals surface area contributed by atoms with Crippen LogP contribution in [0.1, 0.15) is 54.4 Å². The standard InChI is InChI=1S/C26H26FNO4/c27-22-12-20(26-13-16-8-17(14-26)10-18(9-16)15-26)4-5-23(22)32-7-6-24(29)28-21-3-1-2-19(11-21)25(30)31/h1-7,11-12,16-18H,8-10,13-15H2,(H,28,29)(H,30,31)/b7-6+. The molecule has 4 aliphatic rings. The molecule has 0 aliphatic heterocycles. The molecule has 0 aromatic heterocycles. The summed E-state index contributed by atoms with van der Waals surface area (Å²) in [5.74, 6) is 0.451. The van der Waals surface area contributed by atoms with Crippen molar-refractivity contribution in [2.45, 2.75) is 43.9 Å². The number of amides is 1. The molecule has 6 heteroatoms. The van der Waals surface area contributed by atoms with E-state index in [1.165, 1.54) is 50.7 Å². The number of ether oxygens (including phenoxy) is 1. The fraction of sp³-hybridized carbons (Fsp3) is 0.385. The molecule has 1 amide bonds. The summed E-state index contributed by atoms with van der Waals surface area (Å²) in [7, 11) is 0. The first kappa shape index (κ1) is 20.7. The molecule has 0 atom stereocenters. The Morgan fingerprint density at radius 3 is 2.34 bits per heavy atom. The number of rotatable bonds is 6. The van der Waals surface area contributed by atoms with Crippen LogP contribution >= 0.6 is 0 Å². The molecule has 0 unspecified atom stereocenters. The number of carboxylic acid groups (broad SMARTS) is 1. The van der Waals surface area contributed by atoms with Crippen LogP contribution in [0.4, 0.5) is 10.1 Å². The van der Waals surface area contributed by atoms with Gasteiger partial charge in [-0.2, -0.15) is 0 Å². The van der Waals surface area contributed by atoms with Gasteiger partial charge in [0, 0.05) is 11.8 Å². The molecule has 2 aromatic carbocycles. The maximum atomic E-state index is 14.8. The molecule has 4 fully saturated rings. The first-order valence-corrected chi connectivity index (χ1v) is 11.2. The molecule has 2 N–H and O–H groups in total. The zero-order valence-electron chi connectivity index (χ0n) is 17.7. The monoisotopic (exact) mass is 435 g/mol. The third-order valence-electron chi connectivity index (χ3n) is 7.37. The molecule has 0 saturated heterocycles. The number of benzene rings is 2. The van der Waals surface area contributed by atoms with Gasteiger partial charge < -0.3 is 15.2 Å². The van der Waals surface area contributed by atoms with Crippen molar-refractivity contribution in [2.24, 2.45) is 17.8 Å². The lowest BCUT2D eigenvalue weighted by Crippen LogP contribution is -2.48. The number of halogens is 1. The second-order valence-electron chi connectivity index (χ2n) is 9.64. The molecular weight excluding hydrogens is 409 g/mol. The fourth-order valence-electron chi connectivity index (χ4n) is 6.47. The summed E-state index contributed by atoms with van der Waals surface area (Å²) in [4.78, 5) is 23.1. The highest BCUT2D eigenvalue weighted by Crippen LogP contribution is 2.60. The predicted octanol–water partition coefficient (Wildman–Crippen LogP) is 5.52. The van der Waals surface area contributed by atoms with Crippen LogP contribution < -0.4 is 10.1 Å². The van der Waals surface area contributed by atoms with E-state index in [2.05, 4.69) is 5.32 Å². The summed E-state index contributed by atoms with van der Waals surface area (Å²) in [6, 6.07) is 11.2. The molecule has 4 saturated carbocycles. The van der Waals surface area contributed by atoms with E-state index >= 15 is 0 Å².